The second kappa shape index (κ2) is 5.73. The fraction of sp³-hybridized carbons (Fsp3) is 0.273. The van der Waals surface area contributed by atoms with E-state index in [1.165, 1.54) is 16.6 Å². The summed E-state index contributed by atoms with van der Waals surface area (Å²) in [7, 11) is 0. The first-order valence-electron chi connectivity index (χ1n) is 4.75. The minimum Gasteiger partial charge on any atom is -0.416 e. The smallest absolute Gasteiger partial charge is 0.277 e. The number of nitrogens with zero attached hydrogens (tertiary/aromatic N) is 2. The van der Waals surface area contributed by atoms with Gasteiger partial charge in [-0.1, -0.05) is 23.7 Å². The van der Waals surface area contributed by atoms with Crippen LogP contribution in [0.4, 0.5) is 0 Å². The van der Waals surface area contributed by atoms with Gasteiger partial charge in [0.15, 0.2) is 0 Å². The molecule has 0 saturated carbocycles. The van der Waals surface area contributed by atoms with Gasteiger partial charge < -0.3 is 4.42 Å². The summed E-state index contributed by atoms with van der Waals surface area (Å²) < 4.78 is 5.48. The number of hydrogen-bond acceptors (Lipinski definition) is 5. The molecule has 2 aromatic heterocycles. The zero-order chi connectivity index (χ0) is 11.2. The maximum atomic E-state index is 5.48. The Kier molecular flexibility index (Phi) is 4.03. The molecule has 2 heterocycles. The van der Waals surface area contributed by atoms with Gasteiger partial charge in [0, 0.05) is 4.88 Å². The van der Waals surface area contributed by atoms with Crippen molar-refractivity contribution >= 4 is 23.1 Å². The Bertz CT molecular complexity index is 494. The predicted octanol–water partition coefficient (Wildman–Crippen LogP) is 2.84. The van der Waals surface area contributed by atoms with E-state index in [2.05, 4.69) is 28.1 Å². The molecule has 0 fully saturated rings. The van der Waals surface area contributed by atoms with Crippen LogP contribution in [-0.2, 0) is 6.42 Å². The average molecular weight is 250 g/mol. The van der Waals surface area contributed by atoms with Crippen LogP contribution in [0.2, 0.25) is 0 Å². The van der Waals surface area contributed by atoms with E-state index in [9.17, 15) is 0 Å². The van der Waals surface area contributed by atoms with Gasteiger partial charge in [-0.15, -0.1) is 27.5 Å². The van der Waals surface area contributed by atoms with Gasteiger partial charge in [0.25, 0.3) is 5.22 Å². The van der Waals surface area contributed by atoms with Crippen molar-refractivity contribution < 1.29 is 4.42 Å². The average Bonchev–Trinajstić information content (AvgIpc) is 2.91. The summed E-state index contributed by atoms with van der Waals surface area (Å²) in [5, 5.41) is 10.6. The van der Waals surface area contributed by atoms with Gasteiger partial charge in [-0.3, -0.25) is 0 Å². The molecule has 0 saturated heterocycles. The van der Waals surface area contributed by atoms with Gasteiger partial charge in [0.05, 0.1) is 12.2 Å². The molecule has 2 aromatic rings. The number of aromatic nitrogens is 2. The molecule has 0 spiro atoms. The van der Waals surface area contributed by atoms with Crippen molar-refractivity contribution in [1.82, 2.24) is 10.2 Å². The summed E-state index contributed by atoms with van der Waals surface area (Å²) in [5.74, 6) is 7.11. The van der Waals surface area contributed by atoms with Crippen LogP contribution in [0.15, 0.2) is 27.2 Å². The zero-order valence-corrected chi connectivity index (χ0v) is 10.4. The van der Waals surface area contributed by atoms with E-state index in [4.69, 9.17) is 4.42 Å². The van der Waals surface area contributed by atoms with Gasteiger partial charge in [0.1, 0.15) is 0 Å². The molecule has 0 aliphatic heterocycles. The third-order valence-corrected chi connectivity index (χ3v) is 3.38. The number of hydrogen-bond donors (Lipinski definition) is 0. The van der Waals surface area contributed by atoms with Crippen molar-refractivity contribution in [1.29, 1.82) is 0 Å². The van der Waals surface area contributed by atoms with Crippen LogP contribution in [0.1, 0.15) is 17.7 Å². The molecule has 0 aliphatic rings. The van der Waals surface area contributed by atoms with E-state index in [-0.39, 0.29) is 0 Å². The summed E-state index contributed by atoms with van der Waals surface area (Å²) in [6.45, 7) is 1.82. The highest BCUT2D eigenvalue weighted by molar-refractivity contribution is 7.99. The lowest BCUT2D eigenvalue weighted by Crippen LogP contribution is -1.83. The number of thioether (sulfide) groups is 1. The van der Waals surface area contributed by atoms with Crippen molar-refractivity contribution in [2.75, 3.05) is 5.75 Å². The van der Waals surface area contributed by atoms with Gasteiger partial charge in [-0.25, -0.2) is 0 Å². The molecular weight excluding hydrogens is 240 g/mol. The van der Waals surface area contributed by atoms with E-state index in [1.54, 1.807) is 11.3 Å². The summed E-state index contributed by atoms with van der Waals surface area (Å²) in [6, 6.07) is 4.08. The molecule has 5 heteroatoms. The van der Waals surface area contributed by atoms with E-state index < -0.39 is 0 Å². The molecule has 0 aliphatic carbocycles. The molecule has 2 rings (SSSR count). The first kappa shape index (κ1) is 11.2. The van der Waals surface area contributed by atoms with Crippen LogP contribution in [0, 0.1) is 11.8 Å². The van der Waals surface area contributed by atoms with Crippen molar-refractivity contribution in [2.24, 2.45) is 0 Å². The minimum atomic E-state index is 0.592. The standard InChI is InChI=1S/C11H10N2OS2/c1-2-3-6-16-11-13-12-10(14-11)8-9-5-4-7-15-9/h4-5,7H,6,8H2,1H3. The topological polar surface area (TPSA) is 38.9 Å². The zero-order valence-electron chi connectivity index (χ0n) is 8.77. The monoisotopic (exact) mass is 250 g/mol. The Balaban J connectivity index is 1.93. The fourth-order valence-corrected chi connectivity index (χ4v) is 2.39. The van der Waals surface area contributed by atoms with Crippen molar-refractivity contribution in [2.45, 2.75) is 18.6 Å². The lowest BCUT2D eigenvalue weighted by Gasteiger charge is -1.89. The molecular formula is C11H10N2OS2. The van der Waals surface area contributed by atoms with Gasteiger partial charge in [-0.2, -0.15) is 0 Å². The molecule has 0 N–H and O–H groups in total. The lowest BCUT2D eigenvalue weighted by atomic mass is 10.3. The molecule has 0 radical (unpaired) electrons. The predicted molar refractivity (Wildman–Crippen MR) is 65.6 cm³/mol. The SMILES string of the molecule is CC#CCSc1nnc(Cc2cccs2)o1. The van der Waals surface area contributed by atoms with E-state index in [1.807, 2.05) is 18.4 Å². The number of rotatable bonds is 4. The maximum absolute atomic E-state index is 5.48. The Morgan fingerprint density at radius 2 is 2.44 bits per heavy atom. The second-order valence-corrected chi connectivity index (χ2v) is 4.89. The minimum absolute atomic E-state index is 0.592. The van der Waals surface area contributed by atoms with Crippen LogP contribution >= 0.6 is 23.1 Å². The Morgan fingerprint density at radius 3 is 3.19 bits per heavy atom. The van der Waals surface area contributed by atoms with Gasteiger partial charge in [-0.05, 0) is 18.4 Å². The first-order valence-corrected chi connectivity index (χ1v) is 6.62. The number of thiophene rings is 1. The Labute approximate surface area is 102 Å². The van der Waals surface area contributed by atoms with Crippen molar-refractivity contribution in [3.63, 3.8) is 0 Å². The Morgan fingerprint density at radius 1 is 1.50 bits per heavy atom. The van der Waals surface area contributed by atoms with Crippen LogP contribution in [-0.4, -0.2) is 16.0 Å². The third kappa shape index (κ3) is 3.12. The fourth-order valence-electron chi connectivity index (χ4n) is 1.10. The van der Waals surface area contributed by atoms with E-state index in [0.29, 0.717) is 23.3 Å². The highest BCUT2D eigenvalue weighted by Crippen LogP contribution is 2.18. The highest BCUT2D eigenvalue weighted by Gasteiger charge is 2.07. The summed E-state index contributed by atoms with van der Waals surface area (Å²) in [5.41, 5.74) is 0. The third-order valence-electron chi connectivity index (χ3n) is 1.80. The van der Waals surface area contributed by atoms with Crippen LogP contribution in [0.5, 0.6) is 0 Å². The van der Waals surface area contributed by atoms with Crippen LogP contribution < -0.4 is 0 Å². The molecule has 0 amide bonds. The lowest BCUT2D eigenvalue weighted by molar-refractivity contribution is 0.421. The molecule has 0 aromatic carbocycles. The van der Waals surface area contributed by atoms with Crippen LogP contribution in [0.25, 0.3) is 0 Å². The van der Waals surface area contributed by atoms with Gasteiger partial charge in [0.2, 0.25) is 5.89 Å². The largest absolute Gasteiger partial charge is 0.416 e. The molecule has 16 heavy (non-hydrogen) atoms. The molecule has 0 bridgehead atoms. The highest BCUT2D eigenvalue weighted by atomic mass is 32.2. The van der Waals surface area contributed by atoms with Gasteiger partial charge >= 0.3 is 0 Å². The summed E-state index contributed by atoms with van der Waals surface area (Å²) in [4.78, 5) is 1.23. The quantitative estimate of drug-likeness (QED) is 0.618. The molecule has 0 atom stereocenters. The molecule has 3 nitrogen and oxygen atoms in total. The summed E-state index contributed by atoms with van der Waals surface area (Å²) >= 11 is 3.16. The van der Waals surface area contributed by atoms with Crippen LogP contribution in [0.3, 0.4) is 0 Å². The van der Waals surface area contributed by atoms with E-state index in [0.717, 1.165) is 0 Å². The normalized spacial score (nSPS) is 9.81. The Hall–Kier alpha value is -1.25. The van der Waals surface area contributed by atoms with E-state index >= 15 is 0 Å². The summed E-state index contributed by atoms with van der Waals surface area (Å²) in [6.07, 6.45) is 0.713. The molecule has 82 valence electrons. The maximum Gasteiger partial charge on any atom is 0.277 e. The second-order valence-electron chi connectivity index (χ2n) is 2.93. The first-order chi connectivity index (χ1) is 7.88. The van der Waals surface area contributed by atoms with Crippen molar-refractivity contribution in [3.8, 4) is 11.8 Å². The van der Waals surface area contributed by atoms with Crippen molar-refractivity contribution in [3.05, 3.63) is 28.3 Å². The molecule has 0 unspecified atom stereocenters.